The van der Waals surface area contributed by atoms with Gasteiger partial charge < -0.3 is 10.6 Å². The monoisotopic (exact) mass is 199 g/mol. The van der Waals surface area contributed by atoms with E-state index in [1.165, 1.54) is 0 Å². The van der Waals surface area contributed by atoms with Gasteiger partial charge in [-0.15, -0.1) is 0 Å². The first-order valence-electron chi connectivity index (χ1n) is 4.30. The summed E-state index contributed by atoms with van der Waals surface area (Å²) in [6.45, 7) is 2.10. The molecule has 4 heteroatoms. The zero-order valence-corrected chi connectivity index (χ0v) is 8.60. The average Bonchev–Trinajstić information content (AvgIpc) is 2.16. The van der Waals surface area contributed by atoms with Gasteiger partial charge in [0.2, 0.25) is 0 Å². The second kappa shape index (κ2) is 4.92. The first-order valence-corrected chi connectivity index (χ1v) is 4.67. The average molecular weight is 200 g/mol. The van der Waals surface area contributed by atoms with E-state index in [2.05, 4.69) is 34.7 Å². The van der Waals surface area contributed by atoms with Crippen molar-refractivity contribution in [2.45, 2.75) is 19.4 Å². The van der Waals surface area contributed by atoms with Crippen molar-refractivity contribution in [3.8, 4) is 0 Å². The summed E-state index contributed by atoms with van der Waals surface area (Å²) in [5.74, 6) is 0.845. The van der Waals surface area contributed by atoms with E-state index in [9.17, 15) is 0 Å². The van der Waals surface area contributed by atoms with Gasteiger partial charge in [0.15, 0.2) is 0 Å². The topological polar surface area (TPSA) is 36.4 Å². The lowest BCUT2D eigenvalue weighted by atomic mass is 10.2. The van der Waals surface area contributed by atoms with Gasteiger partial charge in [0, 0.05) is 13.2 Å². The molecule has 0 saturated carbocycles. The van der Waals surface area contributed by atoms with E-state index in [1.807, 2.05) is 0 Å². The van der Waals surface area contributed by atoms with Crippen LogP contribution in [0.2, 0.25) is 0 Å². The van der Waals surface area contributed by atoms with E-state index in [0.717, 1.165) is 12.3 Å². The number of halogens is 1. The van der Waals surface area contributed by atoms with Crippen LogP contribution in [-0.2, 0) is 0 Å². The smallest absolute Gasteiger partial charge is 0.128 e. The Labute approximate surface area is 83.6 Å². The highest BCUT2D eigenvalue weighted by Crippen LogP contribution is 2.04. The molecule has 1 aliphatic rings. The minimum absolute atomic E-state index is 0.118. The molecule has 1 rings (SSSR count). The third-order valence-corrected chi connectivity index (χ3v) is 1.94. The number of aliphatic imine (C=N–C) groups is 1. The molecule has 0 aromatic heterocycles. The molecule has 0 aromatic rings. The van der Waals surface area contributed by atoms with Crippen molar-refractivity contribution < 1.29 is 0 Å². The van der Waals surface area contributed by atoms with Gasteiger partial charge in [-0.3, -0.25) is 4.99 Å². The lowest BCUT2D eigenvalue weighted by molar-refractivity contribution is 0.804. The number of amidine groups is 1. The molecule has 3 nitrogen and oxygen atoms in total. The SMILES string of the molecule is CC/C=C/C1NC=C(Cl)NC1=NC. The first kappa shape index (κ1) is 10.1. The van der Waals surface area contributed by atoms with Crippen molar-refractivity contribution in [3.05, 3.63) is 23.5 Å². The predicted molar refractivity (Wildman–Crippen MR) is 56.8 cm³/mol. The van der Waals surface area contributed by atoms with Gasteiger partial charge in [0.05, 0.1) is 0 Å². The molecule has 2 N–H and O–H groups in total. The number of allylic oxidation sites excluding steroid dienone is 1. The Bertz CT molecular complexity index is 256. The second-order valence-electron chi connectivity index (χ2n) is 2.71. The first-order chi connectivity index (χ1) is 6.27. The fourth-order valence-corrected chi connectivity index (χ4v) is 1.25. The molecule has 72 valence electrons. The van der Waals surface area contributed by atoms with Crippen LogP contribution in [-0.4, -0.2) is 18.9 Å². The molecule has 0 radical (unpaired) electrons. The van der Waals surface area contributed by atoms with Crippen LogP contribution >= 0.6 is 11.6 Å². The van der Waals surface area contributed by atoms with Crippen molar-refractivity contribution >= 4 is 17.4 Å². The quantitative estimate of drug-likeness (QED) is 0.524. The summed E-state index contributed by atoms with van der Waals surface area (Å²) in [5.41, 5.74) is 0. The van der Waals surface area contributed by atoms with Gasteiger partial charge in [-0.05, 0) is 6.42 Å². The van der Waals surface area contributed by atoms with Crippen molar-refractivity contribution in [2.75, 3.05) is 7.05 Å². The van der Waals surface area contributed by atoms with E-state index in [-0.39, 0.29) is 6.04 Å². The maximum atomic E-state index is 5.77. The van der Waals surface area contributed by atoms with E-state index in [1.54, 1.807) is 13.2 Å². The maximum absolute atomic E-state index is 5.77. The van der Waals surface area contributed by atoms with Gasteiger partial charge in [-0.2, -0.15) is 0 Å². The van der Waals surface area contributed by atoms with Crippen LogP contribution in [0.1, 0.15) is 13.3 Å². The summed E-state index contributed by atoms with van der Waals surface area (Å²) in [5, 5.41) is 6.69. The molecule has 0 saturated heterocycles. The summed E-state index contributed by atoms with van der Waals surface area (Å²) >= 11 is 5.77. The van der Waals surface area contributed by atoms with E-state index < -0.39 is 0 Å². The van der Waals surface area contributed by atoms with E-state index in [0.29, 0.717) is 5.16 Å². The van der Waals surface area contributed by atoms with E-state index in [4.69, 9.17) is 11.6 Å². The normalized spacial score (nSPS) is 25.6. The molecule has 1 aliphatic heterocycles. The number of hydrogen-bond acceptors (Lipinski definition) is 2. The zero-order valence-electron chi connectivity index (χ0n) is 7.84. The molecule has 0 spiro atoms. The van der Waals surface area contributed by atoms with Gasteiger partial charge in [0.25, 0.3) is 0 Å². The lowest BCUT2D eigenvalue weighted by Crippen LogP contribution is -2.44. The Morgan fingerprint density at radius 3 is 3.08 bits per heavy atom. The predicted octanol–water partition coefficient (Wildman–Crippen LogP) is 1.58. The summed E-state index contributed by atoms with van der Waals surface area (Å²) < 4.78 is 0. The molecule has 1 atom stereocenters. The van der Waals surface area contributed by atoms with Crippen LogP contribution in [0.3, 0.4) is 0 Å². The highest BCUT2D eigenvalue weighted by molar-refractivity contribution is 6.30. The van der Waals surface area contributed by atoms with Crippen LogP contribution in [0, 0.1) is 0 Å². The molecular formula is C9H14ClN3. The maximum Gasteiger partial charge on any atom is 0.128 e. The number of nitrogens with one attached hydrogen (secondary N) is 2. The van der Waals surface area contributed by atoms with E-state index >= 15 is 0 Å². The summed E-state index contributed by atoms with van der Waals surface area (Å²) in [6.07, 6.45) is 6.92. The third-order valence-electron chi connectivity index (χ3n) is 1.74. The Hall–Kier alpha value is -0.960. The molecule has 0 amide bonds. The Morgan fingerprint density at radius 1 is 1.69 bits per heavy atom. The fraction of sp³-hybridized carbons (Fsp3) is 0.444. The summed E-state index contributed by atoms with van der Waals surface area (Å²) in [7, 11) is 1.74. The van der Waals surface area contributed by atoms with Gasteiger partial charge in [-0.25, -0.2) is 0 Å². The number of nitrogens with zero attached hydrogens (tertiary/aromatic N) is 1. The van der Waals surface area contributed by atoms with Crippen LogP contribution in [0.15, 0.2) is 28.5 Å². The van der Waals surface area contributed by atoms with Crippen LogP contribution in [0.5, 0.6) is 0 Å². The fourth-order valence-electron chi connectivity index (χ4n) is 1.09. The number of hydrogen-bond donors (Lipinski definition) is 2. The van der Waals surface area contributed by atoms with Crippen molar-refractivity contribution in [1.29, 1.82) is 0 Å². The van der Waals surface area contributed by atoms with Crippen molar-refractivity contribution in [3.63, 3.8) is 0 Å². The van der Waals surface area contributed by atoms with Gasteiger partial charge >= 0.3 is 0 Å². The van der Waals surface area contributed by atoms with Crippen LogP contribution < -0.4 is 10.6 Å². The van der Waals surface area contributed by atoms with Crippen molar-refractivity contribution in [1.82, 2.24) is 10.6 Å². The summed E-state index contributed by atoms with van der Waals surface area (Å²) in [4.78, 5) is 4.10. The molecule has 0 bridgehead atoms. The molecule has 13 heavy (non-hydrogen) atoms. The third kappa shape index (κ3) is 2.77. The molecule has 1 unspecified atom stereocenters. The van der Waals surface area contributed by atoms with Crippen LogP contribution in [0.25, 0.3) is 0 Å². The lowest BCUT2D eigenvalue weighted by Gasteiger charge is -2.22. The van der Waals surface area contributed by atoms with Gasteiger partial charge in [-0.1, -0.05) is 30.7 Å². The van der Waals surface area contributed by atoms with Gasteiger partial charge in [0.1, 0.15) is 17.0 Å². The second-order valence-corrected chi connectivity index (χ2v) is 3.11. The van der Waals surface area contributed by atoms with Crippen molar-refractivity contribution in [2.24, 2.45) is 4.99 Å². The molecule has 0 aliphatic carbocycles. The number of rotatable bonds is 2. The largest absolute Gasteiger partial charge is 0.376 e. The highest BCUT2D eigenvalue weighted by atomic mass is 35.5. The van der Waals surface area contributed by atoms with Crippen LogP contribution in [0.4, 0.5) is 0 Å². The molecule has 1 heterocycles. The standard InChI is InChI=1S/C9H14ClN3/c1-3-4-5-7-9(11-2)13-8(10)6-12-7/h4-7,12H,3H2,1-2H3,(H,11,13)/b5-4+. The molecular weight excluding hydrogens is 186 g/mol. The Balaban J connectivity index is 2.69. The zero-order chi connectivity index (χ0) is 9.68. The Morgan fingerprint density at radius 2 is 2.46 bits per heavy atom. The Kier molecular flexibility index (Phi) is 3.83. The summed E-state index contributed by atoms with van der Waals surface area (Å²) in [6, 6.07) is 0.118. The highest BCUT2D eigenvalue weighted by Gasteiger charge is 2.15. The minimum atomic E-state index is 0.118. The molecule has 0 aromatic carbocycles. The minimum Gasteiger partial charge on any atom is -0.376 e. The molecule has 0 fully saturated rings.